The van der Waals surface area contributed by atoms with Crippen LogP contribution in [0.3, 0.4) is 0 Å². The highest BCUT2D eigenvalue weighted by Gasteiger charge is 2.12. The molecule has 0 fully saturated rings. The van der Waals surface area contributed by atoms with Gasteiger partial charge in [0.15, 0.2) is 5.78 Å². The number of carbonyl (C=O) groups is 2. The minimum Gasteiger partial charge on any atom is -0.366 e. The summed E-state index contributed by atoms with van der Waals surface area (Å²) in [6, 6.07) is 15.9. The number of hydrogen-bond donors (Lipinski definition) is 1. The first-order valence-corrected chi connectivity index (χ1v) is 5.64. The second kappa shape index (κ2) is 5.27. The maximum absolute atomic E-state index is 12.0. The normalized spacial score (nSPS) is 10.0. The average molecular weight is 239 g/mol. The van der Waals surface area contributed by atoms with Crippen molar-refractivity contribution in [3.8, 4) is 0 Å². The summed E-state index contributed by atoms with van der Waals surface area (Å²) in [6.45, 7) is 0. The van der Waals surface area contributed by atoms with Gasteiger partial charge in [-0.2, -0.15) is 0 Å². The Morgan fingerprint density at radius 3 is 2.17 bits per heavy atom. The molecule has 0 heterocycles. The second-order valence-corrected chi connectivity index (χ2v) is 3.99. The van der Waals surface area contributed by atoms with Crippen LogP contribution < -0.4 is 5.73 Å². The van der Waals surface area contributed by atoms with Gasteiger partial charge in [-0.25, -0.2) is 0 Å². The molecule has 0 aromatic heterocycles. The molecular weight excluding hydrogens is 226 g/mol. The summed E-state index contributed by atoms with van der Waals surface area (Å²) in [5.41, 5.74) is 6.98. The lowest BCUT2D eigenvalue weighted by Crippen LogP contribution is -2.15. The topological polar surface area (TPSA) is 60.2 Å². The number of rotatable bonds is 4. The van der Waals surface area contributed by atoms with Crippen LogP contribution in [0.5, 0.6) is 0 Å². The van der Waals surface area contributed by atoms with E-state index in [1.54, 1.807) is 36.4 Å². The monoisotopic (exact) mass is 239 g/mol. The Morgan fingerprint density at radius 1 is 0.889 bits per heavy atom. The van der Waals surface area contributed by atoms with E-state index in [0.29, 0.717) is 16.7 Å². The fourth-order valence-electron chi connectivity index (χ4n) is 1.81. The summed E-state index contributed by atoms with van der Waals surface area (Å²) in [5.74, 6) is -0.532. The number of ketones is 1. The van der Waals surface area contributed by atoms with Gasteiger partial charge in [0, 0.05) is 17.5 Å². The Morgan fingerprint density at radius 2 is 1.50 bits per heavy atom. The van der Waals surface area contributed by atoms with Crippen molar-refractivity contribution >= 4 is 11.7 Å². The van der Waals surface area contributed by atoms with E-state index in [1.165, 1.54) is 0 Å². The van der Waals surface area contributed by atoms with E-state index in [4.69, 9.17) is 5.73 Å². The molecule has 0 saturated heterocycles. The van der Waals surface area contributed by atoms with Crippen molar-refractivity contribution in [1.29, 1.82) is 0 Å². The zero-order valence-corrected chi connectivity index (χ0v) is 9.80. The summed E-state index contributed by atoms with van der Waals surface area (Å²) in [6.07, 6.45) is 0.184. The van der Waals surface area contributed by atoms with Crippen molar-refractivity contribution in [3.63, 3.8) is 0 Å². The first-order valence-electron chi connectivity index (χ1n) is 5.64. The van der Waals surface area contributed by atoms with E-state index in [0.717, 1.165) is 0 Å². The molecule has 1 amide bonds. The van der Waals surface area contributed by atoms with Gasteiger partial charge in [-0.1, -0.05) is 48.5 Å². The summed E-state index contributed by atoms with van der Waals surface area (Å²) in [7, 11) is 0. The molecule has 90 valence electrons. The van der Waals surface area contributed by atoms with Crippen molar-refractivity contribution in [2.45, 2.75) is 6.42 Å². The second-order valence-electron chi connectivity index (χ2n) is 3.99. The predicted molar refractivity (Wildman–Crippen MR) is 69.4 cm³/mol. The number of carbonyl (C=O) groups excluding carboxylic acids is 2. The van der Waals surface area contributed by atoms with E-state index < -0.39 is 5.91 Å². The van der Waals surface area contributed by atoms with E-state index in [1.807, 2.05) is 18.2 Å². The van der Waals surface area contributed by atoms with Gasteiger partial charge in [-0.15, -0.1) is 0 Å². The minimum atomic E-state index is -0.508. The number of hydrogen-bond acceptors (Lipinski definition) is 2. The third kappa shape index (κ3) is 2.63. The molecule has 0 bridgehead atoms. The molecule has 18 heavy (non-hydrogen) atoms. The Bertz CT molecular complexity index is 576. The summed E-state index contributed by atoms with van der Waals surface area (Å²) < 4.78 is 0. The molecular formula is C15H13NO2. The van der Waals surface area contributed by atoms with Crippen LogP contribution in [0, 0.1) is 0 Å². The van der Waals surface area contributed by atoms with Crippen molar-refractivity contribution < 1.29 is 9.59 Å². The lowest BCUT2D eigenvalue weighted by molar-refractivity contribution is 0.0991. The van der Waals surface area contributed by atoms with E-state index in [2.05, 4.69) is 0 Å². The van der Waals surface area contributed by atoms with Gasteiger partial charge in [0.05, 0.1) is 0 Å². The standard InChI is InChI=1S/C15H13NO2/c16-15(18)13-9-5-4-8-12(13)10-14(17)11-6-2-1-3-7-11/h1-9H,10H2,(H2,16,18). The molecule has 0 saturated carbocycles. The number of benzene rings is 2. The molecule has 2 aromatic rings. The van der Waals surface area contributed by atoms with Crippen LogP contribution >= 0.6 is 0 Å². The molecule has 2 N–H and O–H groups in total. The van der Waals surface area contributed by atoms with Crippen LogP contribution in [0.15, 0.2) is 54.6 Å². The SMILES string of the molecule is NC(=O)c1ccccc1CC(=O)c1ccccc1. The van der Waals surface area contributed by atoms with Crippen LogP contribution in [0.25, 0.3) is 0 Å². The lowest BCUT2D eigenvalue weighted by Gasteiger charge is -2.05. The van der Waals surface area contributed by atoms with Crippen LogP contribution in [0.4, 0.5) is 0 Å². The number of Topliss-reactive ketones (excluding diaryl/α,β-unsaturated/α-hetero) is 1. The van der Waals surface area contributed by atoms with Gasteiger partial charge in [0.1, 0.15) is 0 Å². The van der Waals surface area contributed by atoms with Crippen molar-refractivity contribution in [2.24, 2.45) is 5.73 Å². The average Bonchev–Trinajstić information content (AvgIpc) is 2.40. The molecule has 2 aromatic carbocycles. The number of nitrogens with two attached hydrogens (primary N) is 1. The zero-order chi connectivity index (χ0) is 13.0. The third-order valence-corrected chi connectivity index (χ3v) is 2.73. The molecule has 0 aliphatic rings. The number of amides is 1. The third-order valence-electron chi connectivity index (χ3n) is 2.73. The van der Waals surface area contributed by atoms with Crippen molar-refractivity contribution in [1.82, 2.24) is 0 Å². The summed E-state index contributed by atoms with van der Waals surface area (Å²) >= 11 is 0. The van der Waals surface area contributed by atoms with Crippen LogP contribution in [-0.2, 0) is 6.42 Å². The van der Waals surface area contributed by atoms with Crippen molar-refractivity contribution in [3.05, 3.63) is 71.3 Å². The van der Waals surface area contributed by atoms with Crippen LogP contribution in [0.2, 0.25) is 0 Å². The molecule has 2 rings (SSSR count). The Labute approximate surface area is 105 Å². The minimum absolute atomic E-state index is 0.0238. The first-order chi connectivity index (χ1) is 8.68. The molecule has 3 heteroatoms. The van der Waals surface area contributed by atoms with Gasteiger partial charge in [-0.05, 0) is 11.6 Å². The molecule has 0 aliphatic heterocycles. The molecule has 3 nitrogen and oxygen atoms in total. The molecule has 0 unspecified atom stereocenters. The van der Waals surface area contributed by atoms with Gasteiger partial charge < -0.3 is 5.73 Å². The maximum Gasteiger partial charge on any atom is 0.248 e. The van der Waals surface area contributed by atoms with Gasteiger partial charge >= 0.3 is 0 Å². The Hall–Kier alpha value is -2.42. The Balaban J connectivity index is 2.25. The number of primary amides is 1. The Kier molecular flexibility index (Phi) is 3.53. The van der Waals surface area contributed by atoms with Crippen LogP contribution in [-0.4, -0.2) is 11.7 Å². The summed E-state index contributed by atoms with van der Waals surface area (Å²) in [5, 5.41) is 0. The van der Waals surface area contributed by atoms with E-state index in [-0.39, 0.29) is 12.2 Å². The van der Waals surface area contributed by atoms with Gasteiger partial charge in [0.2, 0.25) is 5.91 Å². The largest absolute Gasteiger partial charge is 0.366 e. The maximum atomic E-state index is 12.0. The highest BCUT2D eigenvalue weighted by atomic mass is 16.1. The van der Waals surface area contributed by atoms with Crippen LogP contribution in [0.1, 0.15) is 26.3 Å². The molecule has 0 spiro atoms. The predicted octanol–water partition coefficient (Wildman–Crippen LogP) is 2.21. The smallest absolute Gasteiger partial charge is 0.248 e. The highest BCUT2D eigenvalue weighted by Crippen LogP contribution is 2.12. The van der Waals surface area contributed by atoms with Gasteiger partial charge in [0.25, 0.3) is 0 Å². The van der Waals surface area contributed by atoms with Crippen molar-refractivity contribution in [2.75, 3.05) is 0 Å². The first kappa shape index (κ1) is 12.0. The molecule has 0 aliphatic carbocycles. The zero-order valence-electron chi connectivity index (χ0n) is 9.80. The summed E-state index contributed by atoms with van der Waals surface area (Å²) in [4.78, 5) is 23.3. The van der Waals surface area contributed by atoms with E-state index >= 15 is 0 Å². The quantitative estimate of drug-likeness (QED) is 0.831. The molecule has 0 atom stereocenters. The highest BCUT2D eigenvalue weighted by molar-refractivity contribution is 6.00. The molecule has 0 radical (unpaired) electrons. The fourth-order valence-corrected chi connectivity index (χ4v) is 1.81. The fraction of sp³-hybridized carbons (Fsp3) is 0.0667. The lowest BCUT2D eigenvalue weighted by atomic mass is 9.98. The van der Waals surface area contributed by atoms with E-state index in [9.17, 15) is 9.59 Å². The van der Waals surface area contributed by atoms with Gasteiger partial charge in [-0.3, -0.25) is 9.59 Å².